The normalized spacial score (nSPS) is 16.2. The molecule has 1 unspecified atom stereocenters. The minimum Gasteiger partial charge on any atom is -0.345 e. The van der Waals surface area contributed by atoms with Crippen molar-refractivity contribution in [2.24, 2.45) is 0 Å². The summed E-state index contributed by atoms with van der Waals surface area (Å²) in [5.41, 5.74) is 3.09. The van der Waals surface area contributed by atoms with Crippen molar-refractivity contribution >= 4 is 28.6 Å². The molecule has 2 heterocycles. The smallest absolute Gasteiger partial charge is 0.253 e. The van der Waals surface area contributed by atoms with Gasteiger partial charge in [-0.3, -0.25) is 4.79 Å². The molecule has 3 aromatic rings. The Labute approximate surface area is 158 Å². The highest BCUT2D eigenvalue weighted by molar-refractivity contribution is 7.99. The summed E-state index contributed by atoms with van der Waals surface area (Å²) in [4.78, 5) is 16.5. The number of nitrogens with zero attached hydrogens (tertiary/aromatic N) is 2. The molecule has 1 N–H and O–H groups in total. The molecule has 0 saturated heterocycles. The lowest BCUT2D eigenvalue weighted by atomic mass is 10.1. The van der Waals surface area contributed by atoms with Crippen LogP contribution in [0.25, 0.3) is 10.9 Å². The molecule has 4 nitrogen and oxygen atoms in total. The van der Waals surface area contributed by atoms with Gasteiger partial charge in [-0.05, 0) is 31.8 Å². The summed E-state index contributed by atoms with van der Waals surface area (Å²) in [5, 5.41) is 4.25. The molecule has 0 spiro atoms. The molecular weight excluding hydrogens is 342 g/mol. The molecule has 1 aliphatic heterocycles. The van der Waals surface area contributed by atoms with Crippen LogP contribution in [-0.4, -0.2) is 41.8 Å². The SMILES string of the molecule is CN(C)CCn1cc(C(=O)NC2CSc3ccccc32)c2ccccc21. The number of hydrogen-bond donors (Lipinski definition) is 1. The van der Waals surface area contributed by atoms with Gasteiger partial charge < -0.3 is 14.8 Å². The molecular formula is C21H23N3OS. The summed E-state index contributed by atoms with van der Waals surface area (Å²) in [5.74, 6) is 0.900. The quantitative estimate of drug-likeness (QED) is 0.748. The molecule has 0 fully saturated rings. The highest BCUT2D eigenvalue weighted by Crippen LogP contribution is 2.38. The van der Waals surface area contributed by atoms with Crippen molar-refractivity contribution in [1.29, 1.82) is 0 Å². The maximum atomic E-state index is 13.0. The average molecular weight is 366 g/mol. The van der Waals surface area contributed by atoms with Gasteiger partial charge in [0, 0.05) is 40.8 Å². The van der Waals surface area contributed by atoms with E-state index in [1.54, 1.807) is 0 Å². The van der Waals surface area contributed by atoms with Crippen molar-refractivity contribution in [2.45, 2.75) is 17.5 Å². The number of fused-ring (bicyclic) bond motifs is 2. The van der Waals surface area contributed by atoms with Crippen LogP contribution >= 0.6 is 11.8 Å². The van der Waals surface area contributed by atoms with Gasteiger partial charge in [-0.1, -0.05) is 36.4 Å². The fourth-order valence-corrected chi connectivity index (χ4v) is 4.60. The molecule has 1 aliphatic rings. The lowest BCUT2D eigenvalue weighted by molar-refractivity contribution is 0.0942. The Morgan fingerprint density at radius 2 is 1.96 bits per heavy atom. The number of benzene rings is 2. The zero-order valence-electron chi connectivity index (χ0n) is 15.1. The molecule has 1 atom stereocenters. The van der Waals surface area contributed by atoms with E-state index in [1.807, 2.05) is 42.2 Å². The van der Waals surface area contributed by atoms with E-state index in [0.717, 1.165) is 35.3 Å². The van der Waals surface area contributed by atoms with Crippen LogP contribution in [-0.2, 0) is 6.54 Å². The van der Waals surface area contributed by atoms with Gasteiger partial charge in [0.15, 0.2) is 0 Å². The van der Waals surface area contributed by atoms with E-state index >= 15 is 0 Å². The van der Waals surface area contributed by atoms with Crippen LogP contribution in [0.15, 0.2) is 59.6 Å². The summed E-state index contributed by atoms with van der Waals surface area (Å²) in [6, 6.07) is 16.5. The predicted octanol–water partition coefficient (Wildman–Crippen LogP) is 3.78. The van der Waals surface area contributed by atoms with Crippen LogP contribution in [0.4, 0.5) is 0 Å². The first kappa shape index (κ1) is 17.2. The molecule has 0 bridgehead atoms. The minimum atomic E-state index is 0.00658. The van der Waals surface area contributed by atoms with E-state index in [-0.39, 0.29) is 11.9 Å². The summed E-state index contributed by atoms with van der Waals surface area (Å²) in [6.45, 7) is 1.80. The predicted molar refractivity (Wildman–Crippen MR) is 108 cm³/mol. The molecule has 0 saturated carbocycles. The van der Waals surface area contributed by atoms with E-state index in [4.69, 9.17) is 0 Å². The van der Waals surface area contributed by atoms with E-state index in [2.05, 4.69) is 53.1 Å². The maximum Gasteiger partial charge on any atom is 0.253 e. The summed E-state index contributed by atoms with van der Waals surface area (Å²) >= 11 is 1.81. The molecule has 134 valence electrons. The Kier molecular flexibility index (Phi) is 4.74. The van der Waals surface area contributed by atoms with Crippen molar-refractivity contribution in [3.63, 3.8) is 0 Å². The lowest BCUT2D eigenvalue weighted by Crippen LogP contribution is -2.28. The first-order chi connectivity index (χ1) is 12.6. The van der Waals surface area contributed by atoms with Crippen molar-refractivity contribution in [3.8, 4) is 0 Å². The number of carbonyl (C=O) groups excluding carboxylic acids is 1. The Morgan fingerprint density at radius 3 is 2.81 bits per heavy atom. The third-order valence-corrected chi connectivity index (χ3v) is 6.01. The molecule has 1 aromatic heterocycles. The monoisotopic (exact) mass is 365 g/mol. The van der Waals surface area contributed by atoms with E-state index in [0.29, 0.717) is 0 Å². The second-order valence-corrected chi connectivity index (χ2v) is 7.99. The first-order valence-electron chi connectivity index (χ1n) is 8.88. The lowest BCUT2D eigenvalue weighted by Gasteiger charge is -2.13. The molecule has 1 amide bonds. The second kappa shape index (κ2) is 7.17. The molecule has 26 heavy (non-hydrogen) atoms. The van der Waals surface area contributed by atoms with Crippen molar-refractivity contribution in [2.75, 3.05) is 26.4 Å². The van der Waals surface area contributed by atoms with Crippen molar-refractivity contribution in [1.82, 2.24) is 14.8 Å². The number of likely N-dealkylation sites (N-methyl/N-ethyl adjacent to an activating group) is 1. The van der Waals surface area contributed by atoms with Crippen LogP contribution in [0, 0.1) is 0 Å². The molecule has 2 aromatic carbocycles. The van der Waals surface area contributed by atoms with Gasteiger partial charge in [-0.2, -0.15) is 0 Å². The number of aromatic nitrogens is 1. The van der Waals surface area contributed by atoms with Crippen molar-refractivity contribution in [3.05, 3.63) is 65.9 Å². The summed E-state index contributed by atoms with van der Waals surface area (Å²) in [6.07, 6.45) is 2.00. The Bertz CT molecular complexity index is 947. The zero-order valence-corrected chi connectivity index (χ0v) is 15.9. The zero-order chi connectivity index (χ0) is 18.1. The van der Waals surface area contributed by atoms with Gasteiger partial charge >= 0.3 is 0 Å². The maximum absolute atomic E-state index is 13.0. The first-order valence-corrected chi connectivity index (χ1v) is 9.87. The summed E-state index contributed by atoms with van der Waals surface area (Å²) in [7, 11) is 4.13. The largest absolute Gasteiger partial charge is 0.345 e. The number of rotatable bonds is 5. The Morgan fingerprint density at radius 1 is 1.19 bits per heavy atom. The third kappa shape index (κ3) is 3.24. The average Bonchev–Trinajstić information content (AvgIpc) is 3.22. The van der Waals surface area contributed by atoms with Gasteiger partial charge in [0.25, 0.3) is 5.91 Å². The molecule has 0 radical (unpaired) electrons. The van der Waals surface area contributed by atoms with E-state index in [1.165, 1.54) is 10.5 Å². The number of hydrogen-bond acceptors (Lipinski definition) is 3. The van der Waals surface area contributed by atoms with Gasteiger partial charge in [0.1, 0.15) is 0 Å². The number of thioether (sulfide) groups is 1. The van der Waals surface area contributed by atoms with Crippen LogP contribution in [0.2, 0.25) is 0 Å². The molecule has 4 rings (SSSR count). The van der Waals surface area contributed by atoms with E-state index in [9.17, 15) is 4.79 Å². The topological polar surface area (TPSA) is 37.3 Å². The number of amides is 1. The Hall–Kier alpha value is -2.24. The molecule has 5 heteroatoms. The standard InChI is InChI=1S/C21H23N3OS/c1-23(2)11-12-24-13-17(15-7-3-5-9-19(15)24)21(25)22-18-14-26-20-10-6-4-8-16(18)20/h3-10,13,18H,11-12,14H2,1-2H3,(H,22,25). The fourth-order valence-electron chi connectivity index (χ4n) is 3.44. The minimum absolute atomic E-state index is 0.00658. The van der Waals surface area contributed by atoms with Crippen LogP contribution < -0.4 is 5.32 Å². The van der Waals surface area contributed by atoms with Gasteiger partial charge in [0.05, 0.1) is 11.6 Å². The third-order valence-electron chi connectivity index (χ3n) is 4.83. The van der Waals surface area contributed by atoms with Crippen molar-refractivity contribution < 1.29 is 4.79 Å². The highest BCUT2D eigenvalue weighted by Gasteiger charge is 2.25. The summed E-state index contributed by atoms with van der Waals surface area (Å²) < 4.78 is 2.18. The fraction of sp³-hybridized carbons (Fsp3) is 0.286. The van der Waals surface area contributed by atoms with Crippen LogP contribution in [0.5, 0.6) is 0 Å². The Balaban J connectivity index is 1.61. The van der Waals surface area contributed by atoms with Gasteiger partial charge in [0.2, 0.25) is 0 Å². The highest BCUT2D eigenvalue weighted by atomic mass is 32.2. The number of para-hydroxylation sites is 1. The van der Waals surface area contributed by atoms with Crippen LogP contribution in [0.1, 0.15) is 22.0 Å². The second-order valence-electron chi connectivity index (χ2n) is 6.93. The number of carbonyl (C=O) groups is 1. The van der Waals surface area contributed by atoms with E-state index < -0.39 is 0 Å². The van der Waals surface area contributed by atoms with Crippen LogP contribution in [0.3, 0.4) is 0 Å². The number of nitrogens with one attached hydrogen (secondary N) is 1. The molecule has 0 aliphatic carbocycles. The van der Waals surface area contributed by atoms with Gasteiger partial charge in [-0.25, -0.2) is 0 Å². The van der Waals surface area contributed by atoms with Gasteiger partial charge in [-0.15, -0.1) is 11.8 Å².